The highest BCUT2D eigenvalue weighted by molar-refractivity contribution is 5.57. The molecular formula is C14H14N4O2. The summed E-state index contributed by atoms with van der Waals surface area (Å²) in [6, 6.07) is 9.12. The van der Waals surface area contributed by atoms with Crippen LogP contribution in [0, 0.1) is 10.1 Å². The van der Waals surface area contributed by atoms with Crippen LogP contribution in [0.15, 0.2) is 36.5 Å². The van der Waals surface area contributed by atoms with Crippen molar-refractivity contribution in [2.45, 2.75) is 13.0 Å². The summed E-state index contributed by atoms with van der Waals surface area (Å²) in [5.74, 6) is -0.134. The first kappa shape index (κ1) is 12.4. The molecule has 3 rings (SSSR count). The van der Waals surface area contributed by atoms with Gasteiger partial charge in [0.15, 0.2) is 6.20 Å². The van der Waals surface area contributed by atoms with E-state index >= 15 is 0 Å². The molecule has 2 N–H and O–H groups in total. The van der Waals surface area contributed by atoms with E-state index in [9.17, 15) is 10.1 Å². The van der Waals surface area contributed by atoms with Crippen molar-refractivity contribution in [3.8, 4) is 0 Å². The number of hydrogen-bond donors (Lipinski definition) is 1. The van der Waals surface area contributed by atoms with E-state index in [-0.39, 0.29) is 5.82 Å². The van der Waals surface area contributed by atoms with Crippen molar-refractivity contribution in [1.29, 1.82) is 0 Å². The molecule has 0 aliphatic carbocycles. The molecule has 0 radical (unpaired) electrons. The molecule has 6 heteroatoms. The molecule has 0 atom stereocenters. The Morgan fingerprint density at radius 3 is 2.85 bits per heavy atom. The third kappa shape index (κ3) is 2.16. The molecule has 0 saturated heterocycles. The van der Waals surface area contributed by atoms with Crippen LogP contribution in [0.25, 0.3) is 0 Å². The Kier molecular flexibility index (Phi) is 2.98. The predicted octanol–water partition coefficient (Wildman–Crippen LogP) is 2.13. The maximum Gasteiger partial charge on any atom is 0.363 e. The van der Waals surface area contributed by atoms with E-state index in [0.717, 1.165) is 29.9 Å². The van der Waals surface area contributed by atoms with Crippen LogP contribution in [0.2, 0.25) is 0 Å². The number of anilines is 2. The summed E-state index contributed by atoms with van der Waals surface area (Å²) in [4.78, 5) is 16.1. The molecule has 102 valence electrons. The first-order valence-electron chi connectivity index (χ1n) is 6.37. The minimum atomic E-state index is -0.493. The molecule has 1 aliphatic heterocycles. The van der Waals surface area contributed by atoms with Gasteiger partial charge in [0.1, 0.15) is 0 Å². The topological polar surface area (TPSA) is 85.3 Å². The van der Waals surface area contributed by atoms with Gasteiger partial charge in [-0.1, -0.05) is 12.1 Å². The second kappa shape index (κ2) is 4.80. The molecular weight excluding hydrogens is 256 g/mol. The highest BCUT2D eigenvalue weighted by atomic mass is 16.6. The maximum atomic E-state index is 10.6. The van der Waals surface area contributed by atoms with Crippen molar-refractivity contribution in [3.05, 3.63) is 57.8 Å². The Hall–Kier alpha value is -2.63. The number of aromatic nitrogens is 1. The average molecular weight is 270 g/mol. The van der Waals surface area contributed by atoms with Gasteiger partial charge in [0.05, 0.1) is 5.69 Å². The predicted molar refractivity (Wildman–Crippen MR) is 76.5 cm³/mol. The zero-order valence-corrected chi connectivity index (χ0v) is 10.8. The number of pyridine rings is 1. The fourth-order valence-electron chi connectivity index (χ4n) is 2.50. The zero-order chi connectivity index (χ0) is 14.1. The number of nitrogens with zero attached hydrogens (tertiary/aromatic N) is 3. The van der Waals surface area contributed by atoms with Crippen LogP contribution in [0.3, 0.4) is 0 Å². The quantitative estimate of drug-likeness (QED) is 0.513. The van der Waals surface area contributed by atoms with Crippen LogP contribution in [-0.4, -0.2) is 16.5 Å². The van der Waals surface area contributed by atoms with E-state index in [4.69, 9.17) is 5.73 Å². The Morgan fingerprint density at radius 2 is 2.15 bits per heavy atom. The van der Waals surface area contributed by atoms with Crippen LogP contribution in [0.4, 0.5) is 17.2 Å². The van der Waals surface area contributed by atoms with Crippen LogP contribution in [0.5, 0.6) is 0 Å². The van der Waals surface area contributed by atoms with Crippen molar-refractivity contribution in [1.82, 2.24) is 4.98 Å². The van der Waals surface area contributed by atoms with Crippen LogP contribution < -0.4 is 10.6 Å². The third-order valence-electron chi connectivity index (χ3n) is 3.59. The minimum absolute atomic E-state index is 0.134. The van der Waals surface area contributed by atoms with Crippen LogP contribution in [0.1, 0.15) is 11.1 Å². The summed E-state index contributed by atoms with van der Waals surface area (Å²) in [6.07, 6.45) is 2.46. The molecule has 0 saturated carbocycles. The minimum Gasteiger partial charge on any atom is -0.398 e. The third-order valence-corrected chi connectivity index (χ3v) is 3.59. The van der Waals surface area contributed by atoms with E-state index in [1.807, 2.05) is 12.1 Å². The number of benzene rings is 1. The number of nitrogens with two attached hydrogens (primary N) is 1. The van der Waals surface area contributed by atoms with Crippen molar-refractivity contribution in [3.63, 3.8) is 0 Å². The summed E-state index contributed by atoms with van der Waals surface area (Å²) >= 11 is 0. The van der Waals surface area contributed by atoms with E-state index in [0.29, 0.717) is 6.54 Å². The van der Waals surface area contributed by atoms with E-state index in [2.05, 4.69) is 16.0 Å². The SMILES string of the molecule is Nc1cccc2c1CN(c1ccc([N+](=O)[O-])nc1)CC2. The van der Waals surface area contributed by atoms with E-state index in [1.165, 1.54) is 11.6 Å². The lowest BCUT2D eigenvalue weighted by Gasteiger charge is -2.30. The van der Waals surface area contributed by atoms with Crippen LogP contribution in [-0.2, 0) is 13.0 Å². The lowest BCUT2D eigenvalue weighted by Crippen LogP contribution is -2.31. The summed E-state index contributed by atoms with van der Waals surface area (Å²) in [5, 5.41) is 10.6. The van der Waals surface area contributed by atoms with E-state index < -0.39 is 4.92 Å². The van der Waals surface area contributed by atoms with E-state index in [1.54, 1.807) is 12.3 Å². The van der Waals surface area contributed by atoms with Gasteiger partial charge in [-0.3, -0.25) is 0 Å². The molecule has 1 aliphatic rings. The molecule has 2 heterocycles. The highest BCUT2D eigenvalue weighted by Crippen LogP contribution is 2.28. The zero-order valence-electron chi connectivity index (χ0n) is 10.8. The van der Waals surface area contributed by atoms with Gasteiger partial charge in [-0.2, -0.15) is 0 Å². The number of rotatable bonds is 2. The summed E-state index contributed by atoms with van der Waals surface area (Å²) < 4.78 is 0. The number of fused-ring (bicyclic) bond motifs is 1. The van der Waals surface area contributed by atoms with Gasteiger partial charge in [0, 0.05) is 24.8 Å². The van der Waals surface area contributed by atoms with Crippen LogP contribution >= 0.6 is 0 Å². The van der Waals surface area contributed by atoms with Gasteiger partial charge < -0.3 is 20.7 Å². The lowest BCUT2D eigenvalue weighted by atomic mass is 9.98. The Morgan fingerprint density at radius 1 is 1.30 bits per heavy atom. The summed E-state index contributed by atoms with van der Waals surface area (Å²) in [5.41, 5.74) is 10.1. The van der Waals surface area contributed by atoms with Gasteiger partial charge in [0.25, 0.3) is 0 Å². The molecule has 20 heavy (non-hydrogen) atoms. The van der Waals surface area contributed by atoms with Crippen molar-refractivity contribution in [2.75, 3.05) is 17.2 Å². The Balaban J connectivity index is 1.86. The molecule has 0 amide bonds. The first-order valence-corrected chi connectivity index (χ1v) is 6.37. The smallest absolute Gasteiger partial charge is 0.363 e. The lowest BCUT2D eigenvalue weighted by molar-refractivity contribution is -0.389. The van der Waals surface area contributed by atoms with Gasteiger partial charge in [-0.15, -0.1) is 0 Å². The van der Waals surface area contributed by atoms with Crippen molar-refractivity contribution < 1.29 is 4.92 Å². The highest BCUT2D eigenvalue weighted by Gasteiger charge is 2.19. The summed E-state index contributed by atoms with van der Waals surface area (Å²) in [7, 11) is 0. The molecule has 2 aromatic rings. The second-order valence-corrected chi connectivity index (χ2v) is 4.79. The van der Waals surface area contributed by atoms with Gasteiger partial charge in [0.2, 0.25) is 0 Å². The molecule has 6 nitrogen and oxygen atoms in total. The molecule has 0 bridgehead atoms. The normalized spacial score (nSPS) is 13.9. The maximum absolute atomic E-state index is 10.6. The Bertz CT molecular complexity index is 655. The number of nitro groups is 1. The summed E-state index contributed by atoms with van der Waals surface area (Å²) in [6.45, 7) is 1.57. The van der Waals surface area contributed by atoms with Crippen molar-refractivity contribution >= 4 is 17.2 Å². The fraction of sp³-hybridized carbons (Fsp3) is 0.214. The fourth-order valence-corrected chi connectivity index (χ4v) is 2.50. The molecule has 0 spiro atoms. The molecule has 0 fully saturated rings. The van der Waals surface area contributed by atoms with Gasteiger partial charge in [-0.05, 0) is 39.6 Å². The monoisotopic (exact) mass is 270 g/mol. The molecule has 1 aromatic heterocycles. The standard InChI is InChI=1S/C14H14N4O2/c15-13-3-1-2-10-6-7-17(9-12(10)13)11-4-5-14(16-8-11)18(19)20/h1-5,8H,6-7,9,15H2. The Labute approximate surface area is 116 Å². The second-order valence-electron chi connectivity index (χ2n) is 4.79. The number of nitrogen functional groups attached to an aromatic ring is 1. The van der Waals surface area contributed by atoms with Gasteiger partial charge >= 0.3 is 5.82 Å². The molecule has 0 unspecified atom stereocenters. The molecule has 1 aromatic carbocycles. The number of hydrogen-bond acceptors (Lipinski definition) is 5. The van der Waals surface area contributed by atoms with Gasteiger partial charge in [-0.25, -0.2) is 0 Å². The average Bonchev–Trinajstić information content (AvgIpc) is 2.47. The first-order chi connectivity index (χ1) is 9.65. The van der Waals surface area contributed by atoms with Crippen molar-refractivity contribution in [2.24, 2.45) is 0 Å². The largest absolute Gasteiger partial charge is 0.398 e.